The van der Waals surface area contributed by atoms with E-state index in [0.29, 0.717) is 19.8 Å². The smallest absolute Gasteiger partial charge is 0.230 e. The van der Waals surface area contributed by atoms with Crippen LogP contribution in [0.25, 0.3) is 0 Å². The molecule has 24 heavy (non-hydrogen) atoms. The quantitative estimate of drug-likeness (QED) is 0.790. The van der Waals surface area contributed by atoms with Gasteiger partial charge < -0.3 is 14.8 Å². The molecule has 1 heterocycles. The SMILES string of the molecule is O=C(Nc1ccccc1OCCCc1ccccc1)[C@H]1CCOC1. The molecule has 1 atom stereocenters. The van der Waals surface area contributed by atoms with Gasteiger partial charge in [0.1, 0.15) is 5.75 Å². The fraction of sp³-hybridized carbons (Fsp3) is 0.350. The van der Waals surface area contributed by atoms with E-state index in [1.807, 2.05) is 42.5 Å². The number of aryl methyl sites for hydroxylation is 1. The summed E-state index contributed by atoms with van der Waals surface area (Å²) in [5.74, 6) is 0.668. The van der Waals surface area contributed by atoms with Crippen molar-refractivity contribution in [1.82, 2.24) is 0 Å². The van der Waals surface area contributed by atoms with E-state index in [1.54, 1.807) is 0 Å². The number of benzene rings is 2. The molecule has 0 bridgehead atoms. The second-order valence-electron chi connectivity index (χ2n) is 5.98. The van der Waals surface area contributed by atoms with Crippen LogP contribution in [0.5, 0.6) is 5.75 Å². The Balaban J connectivity index is 1.51. The predicted molar refractivity (Wildman–Crippen MR) is 94.3 cm³/mol. The Kier molecular flexibility index (Phi) is 5.85. The lowest BCUT2D eigenvalue weighted by Gasteiger charge is -2.14. The van der Waals surface area contributed by atoms with Gasteiger partial charge in [-0.1, -0.05) is 42.5 Å². The summed E-state index contributed by atoms with van der Waals surface area (Å²) < 4.78 is 11.2. The van der Waals surface area contributed by atoms with Crippen LogP contribution >= 0.6 is 0 Å². The zero-order chi connectivity index (χ0) is 16.6. The second kappa shape index (κ2) is 8.50. The van der Waals surface area contributed by atoms with Crippen LogP contribution in [0.15, 0.2) is 54.6 Å². The van der Waals surface area contributed by atoms with Gasteiger partial charge in [-0.25, -0.2) is 0 Å². The van der Waals surface area contributed by atoms with E-state index in [0.717, 1.165) is 30.7 Å². The van der Waals surface area contributed by atoms with Crippen molar-refractivity contribution in [3.8, 4) is 5.75 Å². The van der Waals surface area contributed by atoms with E-state index < -0.39 is 0 Å². The first-order valence-corrected chi connectivity index (χ1v) is 8.47. The minimum atomic E-state index is -0.0591. The van der Waals surface area contributed by atoms with Gasteiger partial charge in [-0.05, 0) is 37.0 Å². The molecule has 0 unspecified atom stereocenters. The molecule has 126 valence electrons. The number of anilines is 1. The number of nitrogens with one attached hydrogen (secondary N) is 1. The molecular weight excluding hydrogens is 302 g/mol. The molecule has 4 nitrogen and oxygen atoms in total. The molecule has 1 amide bonds. The molecule has 1 fully saturated rings. The second-order valence-corrected chi connectivity index (χ2v) is 5.98. The Morgan fingerprint density at radius 2 is 1.92 bits per heavy atom. The van der Waals surface area contributed by atoms with E-state index in [2.05, 4.69) is 17.4 Å². The van der Waals surface area contributed by atoms with Crippen molar-refractivity contribution in [2.45, 2.75) is 19.3 Å². The van der Waals surface area contributed by atoms with E-state index >= 15 is 0 Å². The van der Waals surface area contributed by atoms with Gasteiger partial charge in [0.25, 0.3) is 0 Å². The standard InChI is InChI=1S/C20H23NO3/c22-20(17-12-14-23-15-17)21-18-10-4-5-11-19(18)24-13-6-9-16-7-2-1-3-8-16/h1-5,7-8,10-11,17H,6,9,12-15H2,(H,21,22)/t17-/m0/s1. The summed E-state index contributed by atoms with van der Waals surface area (Å²) in [4.78, 5) is 12.2. The van der Waals surface area contributed by atoms with Gasteiger partial charge >= 0.3 is 0 Å². The summed E-state index contributed by atoms with van der Waals surface area (Å²) in [7, 11) is 0. The summed E-state index contributed by atoms with van der Waals surface area (Å²) in [6.07, 6.45) is 2.70. The third-order valence-electron chi connectivity index (χ3n) is 4.16. The highest BCUT2D eigenvalue weighted by Gasteiger charge is 2.24. The summed E-state index contributed by atoms with van der Waals surface area (Å²) in [6, 6.07) is 18.0. The number of rotatable bonds is 7. The van der Waals surface area contributed by atoms with Crippen LogP contribution in [-0.4, -0.2) is 25.7 Å². The highest BCUT2D eigenvalue weighted by molar-refractivity contribution is 5.94. The molecule has 0 aromatic heterocycles. The number of hydrogen-bond acceptors (Lipinski definition) is 3. The summed E-state index contributed by atoms with van der Waals surface area (Å²) in [5, 5.41) is 2.97. The molecular formula is C20H23NO3. The van der Waals surface area contributed by atoms with Crippen molar-refractivity contribution >= 4 is 11.6 Å². The molecule has 1 aliphatic rings. The molecule has 0 radical (unpaired) electrons. The summed E-state index contributed by atoms with van der Waals surface area (Å²) in [5.41, 5.74) is 2.04. The van der Waals surface area contributed by atoms with Crippen molar-refractivity contribution in [3.63, 3.8) is 0 Å². The molecule has 3 rings (SSSR count). The first-order valence-electron chi connectivity index (χ1n) is 8.47. The maximum absolute atomic E-state index is 12.2. The predicted octanol–water partition coefficient (Wildman–Crippen LogP) is 3.67. The lowest BCUT2D eigenvalue weighted by Crippen LogP contribution is -2.23. The van der Waals surface area contributed by atoms with Gasteiger partial charge in [-0.15, -0.1) is 0 Å². The third kappa shape index (κ3) is 4.59. The Hall–Kier alpha value is -2.33. The number of hydrogen-bond donors (Lipinski definition) is 1. The molecule has 2 aromatic rings. The van der Waals surface area contributed by atoms with Gasteiger partial charge in [0.05, 0.1) is 24.8 Å². The number of carbonyl (C=O) groups excluding carboxylic acids is 1. The van der Waals surface area contributed by atoms with E-state index in [-0.39, 0.29) is 11.8 Å². The minimum Gasteiger partial charge on any atom is -0.491 e. The van der Waals surface area contributed by atoms with Crippen molar-refractivity contribution in [3.05, 3.63) is 60.2 Å². The fourth-order valence-corrected chi connectivity index (χ4v) is 2.77. The van der Waals surface area contributed by atoms with E-state index in [4.69, 9.17) is 9.47 Å². The van der Waals surface area contributed by atoms with Crippen molar-refractivity contribution in [1.29, 1.82) is 0 Å². The number of carbonyl (C=O) groups is 1. The summed E-state index contributed by atoms with van der Waals surface area (Å²) >= 11 is 0. The first kappa shape index (κ1) is 16.5. The van der Waals surface area contributed by atoms with Crippen LogP contribution in [0, 0.1) is 5.92 Å². The van der Waals surface area contributed by atoms with E-state index in [9.17, 15) is 4.79 Å². The zero-order valence-electron chi connectivity index (χ0n) is 13.7. The fourth-order valence-electron chi connectivity index (χ4n) is 2.77. The molecule has 1 aliphatic heterocycles. The van der Waals surface area contributed by atoms with Crippen LogP contribution in [0.4, 0.5) is 5.69 Å². The average Bonchev–Trinajstić information content (AvgIpc) is 3.16. The molecule has 1 saturated heterocycles. The third-order valence-corrected chi connectivity index (χ3v) is 4.16. The van der Waals surface area contributed by atoms with Crippen molar-refractivity contribution in [2.75, 3.05) is 25.1 Å². The average molecular weight is 325 g/mol. The maximum atomic E-state index is 12.2. The zero-order valence-corrected chi connectivity index (χ0v) is 13.7. The minimum absolute atomic E-state index is 0.00726. The summed E-state index contributed by atoms with van der Waals surface area (Å²) in [6.45, 7) is 1.79. The maximum Gasteiger partial charge on any atom is 0.230 e. The lowest BCUT2D eigenvalue weighted by atomic mass is 10.1. The normalized spacial score (nSPS) is 16.8. The molecule has 4 heteroatoms. The Morgan fingerprint density at radius 1 is 1.12 bits per heavy atom. The molecule has 0 saturated carbocycles. The van der Waals surface area contributed by atoms with Crippen LogP contribution in [0.1, 0.15) is 18.4 Å². The highest BCUT2D eigenvalue weighted by atomic mass is 16.5. The first-order chi connectivity index (χ1) is 11.8. The molecule has 1 N–H and O–H groups in total. The monoisotopic (exact) mass is 325 g/mol. The number of para-hydroxylation sites is 2. The van der Waals surface area contributed by atoms with Gasteiger partial charge in [0.15, 0.2) is 0 Å². The Bertz CT molecular complexity index is 651. The van der Waals surface area contributed by atoms with Crippen molar-refractivity contribution < 1.29 is 14.3 Å². The van der Waals surface area contributed by atoms with Crippen LogP contribution in [0.3, 0.4) is 0 Å². The Morgan fingerprint density at radius 3 is 2.71 bits per heavy atom. The van der Waals surface area contributed by atoms with Crippen LogP contribution < -0.4 is 10.1 Å². The molecule has 2 aromatic carbocycles. The number of amides is 1. The Labute approximate surface area is 142 Å². The van der Waals surface area contributed by atoms with Gasteiger partial charge in [0.2, 0.25) is 5.91 Å². The largest absolute Gasteiger partial charge is 0.491 e. The van der Waals surface area contributed by atoms with E-state index in [1.165, 1.54) is 5.56 Å². The topological polar surface area (TPSA) is 47.6 Å². The van der Waals surface area contributed by atoms with Gasteiger partial charge in [-0.3, -0.25) is 4.79 Å². The van der Waals surface area contributed by atoms with Crippen LogP contribution in [-0.2, 0) is 16.0 Å². The number of ether oxygens (including phenoxy) is 2. The molecule has 0 aliphatic carbocycles. The van der Waals surface area contributed by atoms with Gasteiger partial charge in [0, 0.05) is 6.61 Å². The molecule has 0 spiro atoms. The lowest BCUT2D eigenvalue weighted by molar-refractivity contribution is -0.119. The van der Waals surface area contributed by atoms with Gasteiger partial charge in [-0.2, -0.15) is 0 Å². The highest BCUT2D eigenvalue weighted by Crippen LogP contribution is 2.25. The van der Waals surface area contributed by atoms with Crippen LogP contribution in [0.2, 0.25) is 0 Å². The van der Waals surface area contributed by atoms with Crippen molar-refractivity contribution in [2.24, 2.45) is 5.92 Å².